The van der Waals surface area contributed by atoms with Crippen molar-refractivity contribution in [2.45, 2.75) is 6.54 Å². The molecule has 0 atom stereocenters. The Morgan fingerprint density at radius 1 is 1.60 bits per heavy atom. The number of hydrogen-bond acceptors (Lipinski definition) is 7. The molecule has 8 heteroatoms. The van der Waals surface area contributed by atoms with Crippen LogP contribution in [-0.4, -0.2) is 21.2 Å². The van der Waals surface area contributed by atoms with Crippen LogP contribution < -0.4 is 11.1 Å². The van der Waals surface area contributed by atoms with Gasteiger partial charge < -0.3 is 11.1 Å². The number of nitrogens with zero attached hydrogens (tertiary/aromatic N) is 3. The molecule has 78 valence electrons. The monoisotopic (exact) mass is 225 g/mol. The fourth-order valence-electron chi connectivity index (χ4n) is 0.933. The summed E-state index contributed by atoms with van der Waals surface area (Å²) in [5.74, 6) is -0.449. The maximum atomic E-state index is 11.4. The summed E-state index contributed by atoms with van der Waals surface area (Å²) in [7, 11) is 0. The molecule has 0 aliphatic carbocycles. The SMILES string of the molecule is Nc1nonc1C(=O)NCc1nccs1. The van der Waals surface area contributed by atoms with E-state index in [-0.39, 0.29) is 11.5 Å². The fraction of sp³-hybridized carbons (Fsp3) is 0.143. The highest BCUT2D eigenvalue weighted by Crippen LogP contribution is 2.06. The molecule has 0 saturated heterocycles. The van der Waals surface area contributed by atoms with Crippen LogP contribution in [0.4, 0.5) is 5.82 Å². The van der Waals surface area contributed by atoms with Crippen LogP contribution in [0.3, 0.4) is 0 Å². The molecule has 2 aromatic heterocycles. The van der Waals surface area contributed by atoms with E-state index in [9.17, 15) is 4.79 Å². The van der Waals surface area contributed by atoms with Gasteiger partial charge in [-0.2, -0.15) is 0 Å². The number of carbonyl (C=O) groups excluding carboxylic acids is 1. The number of thiazole rings is 1. The Morgan fingerprint density at radius 3 is 3.07 bits per heavy atom. The first kappa shape index (κ1) is 9.59. The maximum Gasteiger partial charge on any atom is 0.277 e. The van der Waals surface area contributed by atoms with E-state index < -0.39 is 5.91 Å². The first-order valence-electron chi connectivity index (χ1n) is 4.02. The zero-order chi connectivity index (χ0) is 10.7. The van der Waals surface area contributed by atoms with Gasteiger partial charge in [0, 0.05) is 11.6 Å². The van der Waals surface area contributed by atoms with E-state index in [1.807, 2.05) is 5.38 Å². The van der Waals surface area contributed by atoms with Crippen LogP contribution in [0.15, 0.2) is 16.2 Å². The quantitative estimate of drug-likeness (QED) is 0.763. The summed E-state index contributed by atoms with van der Waals surface area (Å²) < 4.78 is 4.30. The van der Waals surface area contributed by atoms with Crippen molar-refractivity contribution < 1.29 is 9.42 Å². The highest BCUT2D eigenvalue weighted by molar-refractivity contribution is 7.09. The van der Waals surface area contributed by atoms with E-state index in [4.69, 9.17) is 5.73 Å². The molecule has 0 spiro atoms. The van der Waals surface area contributed by atoms with Crippen LogP contribution in [0.2, 0.25) is 0 Å². The topological polar surface area (TPSA) is 107 Å². The van der Waals surface area contributed by atoms with Gasteiger partial charge in [0.15, 0.2) is 0 Å². The van der Waals surface area contributed by atoms with E-state index in [0.29, 0.717) is 6.54 Å². The van der Waals surface area contributed by atoms with Crippen molar-refractivity contribution in [2.75, 3.05) is 5.73 Å². The van der Waals surface area contributed by atoms with Gasteiger partial charge in [-0.05, 0) is 10.3 Å². The van der Waals surface area contributed by atoms with Crippen LogP contribution in [0.1, 0.15) is 15.5 Å². The summed E-state index contributed by atoms with van der Waals surface area (Å²) in [6.45, 7) is 0.336. The summed E-state index contributed by atoms with van der Waals surface area (Å²) in [5.41, 5.74) is 5.34. The molecule has 0 bridgehead atoms. The Labute approximate surface area is 88.3 Å². The molecule has 15 heavy (non-hydrogen) atoms. The minimum atomic E-state index is -0.427. The molecule has 7 nitrogen and oxygen atoms in total. The van der Waals surface area contributed by atoms with E-state index in [1.54, 1.807) is 6.20 Å². The third-order valence-electron chi connectivity index (χ3n) is 1.61. The average molecular weight is 225 g/mol. The van der Waals surface area contributed by atoms with Gasteiger partial charge in [0.2, 0.25) is 11.5 Å². The molecule has 0 unspecified atom stereocenters. The van der Waals surface area contributed by atoms with Gasteiger partial charge in [-0.15, -0.1) is 11.3 Å². The van der Waals surface area contributed by atoms with Crippen molar-refractivity contribution in [1.82, 2.24) is 20.6 Å². The molecule has 2 heterocycles. The number of rotatable bonds is 3. The standard InChI is InChI=1S/C7H7N5O2S/c8-6-5(11-14-12-6)7(13)10-3-4-9-1-2-15-4/h1-2H,3H2,(H2,8,12)(H,10,13). The van der Waals surface area contributed by atoms with Crippen molar-refractivity contribution in [1.29, 1.82) is 0 Å². The van der Waals surface area contributed by atoms with E-state index in [2.05, 4.69) is 25.2 Å². The minimum Gasteiger partial charge on any atom is -0.379 e. The summed E-state index contributed by atoms with van der Waals surface area (Å²) in [4.78, 5) is 15.5. The average Bonchev–Trinajstić information content (AvgIpc) is 2.84. The van der Waals surface area contributed by atoms with Gasteiger partial charge in [-0.1, -0.05) is 0 Å². The Bertz CT molecular complexity index is 452. The van der Waals surface area contributed by atoms with Crippen LogP contribution in [0.5, 0.6) is 0 Å². The molecule has 2 aromatic rings. The lowest BCUT2D eigenvalue weighted by atomic mass is 10.4. The lowest BCUT2D eigenvalue weighted by molar-refractivity contribution is 0.0941. The maximum absolute atomic E-state index is 11.4. The molecular weight excluding hydrogens is 218 g/mol. The number of anilines is 1. The summed E-state index contributed by atoms with van der Waals surface area (Å²) in [6, 6.07) is 0. The second-order valence-corrected chi connectivity index (χ2v) is 3.59. The first-order chi connectivity index (χ1) is 7.27. The third kappa shape index (κ3) is 2.10. The van der Waals surface area contributed by atoms with Gasteiger partial charge in [-0.25, -0.2) is 9.61 Å². The van der Waals surface area contributed by atoms with Gasteiger partial charge in [0.25, 0.3) is 5.91 Å². The van der Waals surface area contributed by atoms with E-state index >= 15 is 0 Å². The summed E-state index contributed by atoms with van der Waals surface area (Å²) in [5, 5.41) is 11.9. The number of carbonyl (C=O) groups is 1. The number of nitrogens with one attached hydrogen (secondary N) is 1. The first-order valence-corrected chi connectivity index (χ1v) is 4.90. The van der Waals surface area contributed by atoms with Crippen molar-refractivity contribution in [2.24, 2.45) is 0 Å². The smallest absolute Gasteiger partial charge is 0.277 e. The molecule has 3 N–H and O–H groups in total. The summed E-state index contributed by atoms with van der Waals surface area (Å²) >= 11 is 1.45. The van der Waals surface area contributed by atoms with Gasteiger partial charge in [-0.3, -0.25) is 4.79 Å². The zero-order valence-corrected chi connectivity index (χ0v) is 8.32. The molecular formula is C7H7N5O2S. The third-order valence-corrected chi connectivity index (χ3v) is 2.39. The van der Waals surface area contributed by atoms with Crippen molar-refractivity contribution in [3.05, 3.63) is 22.3 Å². The van der Waals surface area contributed by atoms with E-state index in [1.165, 1.54) is 11.3 Å². The van der Waals surface area contributed by atoms with Crippen LogP contribution in [0, 0.1) is 0 Å². The number of aromatic nitrogens is 3. The number of nitrogens with two attached hydrogens (primary N) is 1. The predicted octanol–water partition coefficient (Wildman–Crippen LogP) is 0.0383. The minimum absolute atomic E-state index is 0.00782. The fourth-order valence-corrected chi connectivity index (χ4v) is 1.49. The number of hydrogen-bond donors (Lipinski definition) is 2. The molecule has 0 fully saturated rings. The van der Waals surface area contributed by atoms with Crippen LogP contribution >= 0.6 is 11.3 Å². The number of nitrogen functional groups attached to an aromatic ring is 1. The summed E-state index contributed by atoms with van der Waals surface area (Å²) in [6.07, 6.45) is 1.66. The Kier molecular flexibility index (Phi) is 2.59. The molecule has 0 aliphatic heterocycles. The van der Waals surface area contributed by atoms with Gasteiger partial charge >= 0.3 is 0 Å². The van der Waals surface area contributed by atoms with Gasteiger partial charge in [0.05, 0.1) is 6.54 Å². The lowest BCUT2D eigenvalue weighted by Gasteiger charge is -1.98. The molecule has 0 saturated carbocycles. The van der Waals surface area contributed by atoms with Crippen molar-refractivity contribution in [3.63, 3.8) is 0 Å². The molecule has 0 aromatic carbocycles. The van der Waals surface area contributed by atoms with Crippen LogP contribution in [-0.2, 0) is 6.54 Å². The predicted molar refractivity (Wildman–Crippen MR) is 52.0 cm³/mol. The van der Waals surface area contributed by atoms with Gasteiger partial charge in [0.1, 0.15) is 5.01 Å². The molecule has 1 amide bonds. The molecule has 0 radical (unpaired) electrons. The normalized spacial score (nSPS) is 10.1. The second kappa shape index (κ2) is 4.05. The Hall–Kier alpha value is -1.96. The van der Waals surface area contributed by atoms with Crippen molar-refractivity contribution in [3.8, 4) is 0 Å². The zero-order valence-electron chi connectivity index (χ0n) is 7.51. The largest absolute Gasteiger partial charge is 0.379 e. The molecule has 0 aliphatic rings. The molecule has 2 rings (SSSR count). The second-order valence-electron chi connectivity index (χ2n) is 2.61. The highest BCUT2D eigenvalue weighted by atomic mass is 32.1. The lowest BCUT2D eigenvalue weighted by Crippen LogP contribution is -2.23. The van der Waals surface area contributed by atoms with Crippen LogP contribution in [0.25, 0.3) is 0 Å². The highest BCUT2D eigenvalue weighted by Gasteiger charge is 2.15. The van der Waals surface area contributed by atoms with E-state index in [0.717, 1.165) is 5.01 Å². The van der Waals surface area contributed by atoms with Crippen molar-refractivity contribution >= 4 is 23.1 Å². The Morgan fingerprint density at radius 2 is 2.47 bits per heavy atom. The Balaban J connectivity index is 1.96. The number of amides is 1.